The summed E-state index contributed by atoms with van der Waals surface area (Å²) in [5.41, 5.74) is 8.39. The number of amides is 1. The second-order valence-corrected chi connectivity index (χ2v) is 4.08. The van der Waals surface area contributed by atoms with Gasteiger partial charge in [0.05, 0.1) is 11.4 Å². The molecule has 2 N–H and O–H groups in total. The van der Waals surface area contributed by atoms with Crippen LogP contribution in [0, 0.1) is 25.2 Å². The molecule has 0 aliphatic carbocycles. The number of benzene rings is 1. The van der Waals surface area contributed by atoms with Crippen LogP contribution >= 0.6 is 0 Å². The summed E-state index contributed by atoms with van der Waals surface area (Å²) in [5.74, 6) is 2.69. The minimum Gasteiger partial charge on any atom is -0.397 e. The van der Waals surface area contributed by atoms with Crippen LogP contribution in [0.4, 0.5) is 11.4 Å². The second-order valence-electron chi connectivity index (χ2n) is 4.08. The number of nitrogens with zero attached hydrogens (tertiary/aromatic N) is 1. The quantitative estimate of drug-likeness (QED) is 0.569. The van der Waals surface area contributed by atoms with Gasteiger partial charge in [-0.25, -0.2) is 0 Å². The summed E-state index contributed by atoms with van der Waals surface area (Å²) >= 11 is 0. The van der Waals surface area contributed by atoms with Crippen LogP contribution in [0.15, 0.2) is 18.2 Å². The maximum atomic E-state index is 11.8. The SMILES string of the molecule is C#CC1CC(=O)N(c2cccc(C)c2N)C1. The van der Waals surface area contributed by atoms with Gasteiger partial charge in [0.15, 0.2) is 0 Å². The largest absolute Gasteiger partial charge is 0.397 e. The van der Waals surface area contributed by atoms with E-state index in [0.717, 1.165) is 11.3 Å². The molecule has 0 saturated carbocycles. The summed E-state index contributed by atoms with van der Waals surface area (Å²) in [7, 11) is 0. The average molecular weight is 214 g/mol. The third-order valence-electron chi connectivity index (χ3n) is 2.95. The van der Waals surface area contributed by atoms with Crippen LogP contribution in [0.3, 0.4) is 0 Å². The first-order valence-corrected chi connectivity index (χ1v) is 5.25. The van der Waals surface area contributed by atoms with Gasteiger partial charge in [0.25, 0.3) is 0 Å². The van der Waals surface area contributed by atoms with Crippen molar-refractivity contribution in [2.75, 3.05) is 17.2 Å². The van der Waals surface area contributed by atoms with E-state index >= 15 is 0 Å². The lowest BCUT2D eigenvalue weighted by atomic mass is 10.1. The highest BCUT2D eigenvalue weighted by atomic mass is 16.2. The Morgan fingerprint density at radius 3 is 2.94 bits per heavy atom. The van der Waals surface area contributed by atoms with E-state index in [1.54, 1.807) is 4.90 Å². The van der Waals surface area contributed by atoms with Gasteiger partial charge in [-0.2, -0.15) is 0 Å². The lowest BCUT2D eigenvalue weighted by Crippen LogP contribution is -2.25. The van der Waals surface area contributed by atoms with Crippen molar-refractivity contribution < 1.29 is 4.79 Å². The highest BCUT2D eigenvalue weighted by molar-refractivity contribution is 5.99. The van der Waals surface area contributed by atoms with Crippen molar-refractivity contribution in [3.05, 3.63) is 23.8 Å². The number of terminal acetylenes is 1. The zero-order valence-electron chi connectivity index (χ0n) is 9.23. The molecule has 3 nitrogen and oxygen atoms in total. The van der Waals surface area contributed by atoms with E-state index in [1.165, 1.54) is 0 Å². The van der Waals surface area contributed by atoms with Crippen LogP contribution in [0.5, 0.6) is 0 Å². The number of rotatable bonds is 1. The number of anilines is 2. The molecule has 82 valence electrons. The summed E-state index contributed by atoms with van der Waals surface area (Å²) < 4.78 is 0. The van der Waals surface area contributed by atoms with Gasteiger partial charge in [-0.3, -0.25) is 4.79 Å². The van der Waals surface area contributed by atoms with Crippen molar-refractivity contribution >= 4 is 17.3 Å². The molecule has 1 aliphatic rings. The number of aryl methyl sites for hydroxylation is 1. The first kappa shape index (κ1) is 10.6. The van der Waals surface area contributed by atoms with Gasteiger partial charge in [-0.05, 0) is 18.6 Å². The zero-order valence-corrected chi connectivity index (χ0v) is 9.23. The molecule has 16 heavy (non-hydrogen) atoms. The zero-order chi connectivity index (χ0) is 11.7. The fourth-order valence-corrected chi connectivity index (χ4v) is 1.95. The number of hydrogen-bond donors (Lipinski definition) is 1. The third kappa shape index (κ3) is 1.63. The maximum Gasteiger partial charge on any atom is 0.228 e. The van der Waals surface area contributed by atoms with Gasteiger partial charge in [-0.1, -0.05) is 12.1 Å². The number of nitrogens with two attached hydrogens (primary N) is 1. The topological polar surface area (TPSA) is 46.3 Å². The smallest absolute Gasteiger partial charge is 0.228 e. The Morgan fingerprint density at radius 2 is 2.31 bits per heavy atom. The first-order chi connectivity index (χ1) is 7.63. The van der Waals surface area contributed by atoms with Gasteiger partial charge in [0.1, 0.15) is 0 Å². The van der Waals surface area contributed by atoms with Crippen molar-refractivity contribution in [3.8, 4) is 12.3 Å². The number of carbonyl (C=O) groups is 1. The number of hydrogen-bond acceptors (Lipinski definition) is 2. The van der Waals surface area contributed by atoms with E-state index in [9.17, 15) is 4.79 Å². The molecular formula is C13H14N2O. The predicted octanol–water partition coefficient (Wildman–Crippen LogP) is 1.56. The van der Waals surface area contributed by atoms with Gasteiger partial charge in [-0.15, -0.1) is 12.3 Å². The molecule has 0 aromatic heterocycles. The molecule has 0 spiro atoms. The minimum atomic E-state index is 0.00686. The molecule has 1 heterocycles. The van der Waals surface area contributed by atoms with Crippen molar-refractivity contribution in [1.82, 2.24) is 0 Å². The highest BCUT2D eigenvalue weighted by Crippen LogP contribution is 2.31. The van der Waals surface area contributed by atoms with Gasteiger partial charge in [0.2, 0.25) is 5.91 Å². The third-order valence-corrected chi connectivity index (χ3v) is 2.95. The van der Waals surface area contributed by atoms with E-state index < -0.39 is 0 Å². The summed E-state index contributed by atoms with van der Waals surface area (Å²) in [4.78, 5) is 13.5. The Labute approximate surface area is 95.2 Å². The van der Waals surface area contributed by atoms with Crippen molar-refractivity contribution in [2.45, 2.75) is 13.3 Å². The molecule has 1 fully saturated rings. The highest BCUT2D eigenvalue weighted by Gasteiger charge is 2.30. The Balaban J connectivity index is 2.36. The Hall–Kier alpha value is -1.95. The van der Waals surface area contributed by atoms with Crippen LogP contribution in [-0.2, 0) is 4.79 Å². The number of para-hydroxylation sites is 1. The van der Waals surface area contributed by atoms with Gasteiger partial charge in [0, 0.05) is 18.9 Å². The minimum absolute atomic E-state index is 0.00686. The Bertz CT molecular complexity index is 473. The van der Waals surface area contributed by atoms with Crippen LogP contribution in [0.1, 0.15) is 12.0 Å². The van der Waals surface area contributed by atoms with Crippen LogP contribution in [-0.4, -0.2) is 12.5 Å². The lowest BCUT2D eigenvalue weighted by molar-refractivity contribution is -0.117. The fourth-order valence-electron chi connectivity index (χ4n) is 1.95. The second kappa shape index (κ2) is 3.90. The first-order valence-electron chi connectivity index (χ1n) is 5.25. The maximum absolute atomic E-state index is 11.8. The molecule has 1 amide bonds. The molecule has 1 atom stereocenters. The Kier molecular flexibility index (Phi) is 2.57. The summed E-state index contributed by atoms with van der Waals surface area (Å²) in [6.07, 6.45) is 5.76. The van der Waals surface area contributed by atoms with Crippen molar-refractivity contribution in [1.29, 1.82) is 0 Å². The van der Waals surface area contributed by atoms with Crippen LogP contribution < -0.4 is 10.6 Å². The van der Waals surface area contributed by atoms with Crippen molar-refractivity contribution in [3.63, 3.8) is 0 Å². The van der Waals surface area contributed by atoms with E-state index in [0.29, 0.717) is 18.7 Å². The summed E-state index contributed by atoms with van der Waals surface area (Å²) in [6.45, 7) is 2.50. The molecule has 1 aliphatic heterocycles. The van der Waals surface area contributed by atoms with E-state index in [4.69, 9.17) is 12.2 Å². The van der Waals surface area contributed by atoms with E-state index in [-0.39, 0.29) is 11.8 Å². The van der Waals surface area contributed by atoms with Gasteiger partial charge < -0.3 is 10.6 Å². The predicted molar refractivity (Wildman–Crippen MR) is 64.9 cm³/mol. The van der Waals surface area contributed by atoms with Crippen LogP contribution in [0.25, 0.3) is 0 Å². The van der Waals surface area contributed by atoms with Crippen molar-refractivity contribution in [2.24, 2.45) is 5.92 Å². The normalized spacial score (nSPS) is 19.9. The molecule has 1 aromatic carbocycles. The molecule has 0 bridgehead atoms. The van der Waals surface area contributed by atoms with Crippen LogP contribution in [0.2, 0.25) is 0 Å². The Morgan fingerprint density at radius 1 is 1.56 bits per heavy atom. The average Bonchev–Trinajstić information content (AvgIpc) is 2.64. The summed E-state index contributed by atoms with van der Waals surface area (Å²) in [6, 6.07) is 5.69. The molecule has 0 radical (unpaired) electrons. The molecule has 3 heteroatoms. The molecular weight excluding hydrogens is 200 g/mol. The lowest BCUT2D eigenvalue weighted by Gasteiger charge is -2.19. The monoisotopic (exact) mass is 214 g/mol. The molecule has 1 saturated heterocycles. The molecule has 2 rings (SSSR count). The van der Waals surface area contributed by atoms with E-state index in [2.05, 4.69) is 5.92 Å². The fraction of sp³-hybridized carbons (Fsp3) is 0.308. The summed E-state index contributed by atoms with van der Waals surface area (Å²) in [5, 5.41) is 0. The van der Waals surface area contributed by atoms with E-state index in [1.807, 2.05) is 25.1 Å². The standard InChI is InChI=1S/C13H14N2O/c1-3-10-7-12(16)15(8-10)11-6-4-5-9(2)13(11)14/h1,4-6,10H,7-8,14H2,2H3. The van der Waals surface area contributed by atoms with Gasteiger partial charge >= 0.3 is 0 Å². The molecule has 1 unspecified atom stereocenters. The molecule has 1 aromatic rings. The number of nitrogen functional groups attached to an aromatic ring is 1. The number of carbonyl (C=O) groups excluding carboxylic acids is 1.